The van der Waals surface area contributed by atoms with Crippen molar-refractivity contribution in [3.8, 4) is 0 Å². The molecule has 4 heteroatoms. The molecule has 1 saturated heterocycles. The number of rotatable bonds is 4. The average Bonchev–Trinajstić information content (AvgIpc) is 3.18. The van der Waals surface area contributed by atoms with Crippen LogP contribution >= 0.6 is 0 Å². The molecule has 22 heavy (non-hydrogen) atoms. The third-order valence-corrected chi connectivity index (χ3v) is 5.91. The van der Waals surface area contributed by atoms with Crippen LogP contribution in [0.1, 0.15) is 71.1 Å². The number of carbonyl (C=O) groups excluding carboxylic acids is 2. The van der Waals surface area contributed by atoms with E-state index in [0.717, 1.165) is 32.2 Å². The summed E-state index contributed by atoms with van der Waals surface area (Å²) in [5, 5.41) is 0. The van der Waals surface area contributed by atoms with Crippen molar-refractivity contribution in [2.75, 3.05) is 13.1 Å². The number of nitrogens with zero attached hydrogens (tertiary/aromatic N) is 2. The van der Waals surface area contributed by atoms with E-state index in [-0.39, 0.29) is 17.7 Å². The van der Waals surface area contributed by atoms with Gasteiger partial charge in [0.05, 0.1) is 5.92 Å². The van der Waals surface area contributed by atoms with Gasteiger partial charge in [0.25, 0.3) is 0 Å². The SMILES string of the molecule is CCN(C(=O)C1CC(=O)N(C2CCCC2)C1)C1CCCCC1. The lowest BCUT2D eigenvalue weighted by molar-refractivity contribution is -0.138. The van der Waals surface area contributed by atoms with Gasteiger partial charge in [0.15, 0.2) is 0 Å². The van der Waals surface area contributed by atoms with Crippen LogP contribution in [0.25, 0.3) is 0 Å². The quantitative estimate of drug-likeness (QED) is 0.801. The Morgan fingerprint density at radius 1 is 1.09 bits per heavy atom. The molecule has 2 aliphatic carbocycles. The van der Waals surface area contributed by atoms with Gasteiger partial charge in [-0.25, -0.2) is 0 Å². The van der Waals surface area contributed by atoms with Crippen LogP contribution in [0.4, 0.5) is 0 Å². The third-order valence-electron chi connectivity index (χ3n) is 5.91. The van der Waals surface area contributed by atoms with Crippen molar-refractivity contribution in [2.45, 2.75) is 83.2 Å². The smallest absolute Gasteiger partial charge is 0.228 e. The second-order valence-electron chi connectivity index (χ2n) is 7.30. The Morgan fingerprint density at radius 2 is 1.73 bits per heavy atom. The van der Waals surface area contributed by atoms with Crippen LogP contribution in [0.5, 0.6) is 0 Å². The summed E-state index contributed by atoms with van der Waals surface area (Å²) in [5.41, 5.74) is 0. The minimum atomic E-state index is -0.0880. The van der Waals surface area contributed by atoms with Gasteiger partial charge in [0.2, 0.25) is 11.8 Å². The zero-order valence-electron chi connectivity index (χ0n) is 13.9. The van der Waals surface area contributed by atoms with E-state index in [2.05, 4.69) is 11.8 Å². The van der Waals surface area contributed by atoms with Crippen molar-refractivity contribution in [3.05, 3.63) is 0 Å². The van der Waals surface area contributed by atoms with Crippen LogP contribution in [0.2, 0.25) is 0 Å². The normalized spacial score (nSPS) is 27.6. The fraction of sp³-hybridized carbons (Fsp3) is 0.889. The van der Waals surface area contributed by atoms with E-state index in [9.17, 15) is 9.59 Å². The van der Waals surface area contributed by atoms with Crippen molar-refractivity contribution in [1.82, 2.24) is 9.80 Å². The topological polar surface area (TPSA) is 40.6 Å². The van der Waals surface area contributed by atoms with Gasteiger partial charge in [-0.1, -0.05) is 32.1 Å². The monoisotopic (exact) mass is 306 g/mol. The molecule has 1 atom stereocenters. The Labute approximate surface area is 134 Å². The van der Waals surface area contributed by atoms with Gasteiger partial charge >= 0.3 is 0 Å². The molecular weight excluding hydrogens is 276 g/mol. The van der Waals surface area contributed by atoms with Crippen molar-refractivity contribution in [2.24, 2.45) is 5.92 Å². The first-order valence-electron chi connectivity index (χ1n) is 9.30. The minimum absolute atomic E-state index is 0.0880. The van der Waals surface area contributed by atoms with E-state index >= 15 is 0 Å². The molecule has 0 spiro atoms. The van der Waals surface area contributed by atoms with Gasteiger partial charge in [-0.15, -0.1) is 0 Å². The first kappa shape index (κ1) is 15.8. The first-order chi connectivity index (χ1) is 10.7. The summed E-state index contributed by atoms with van der Waals surface area (Å²) in [5.74, 6) is 0.364. The van der Waals surface area contributed by atoms with Crippen molar-refractivity contribution in [1.29, 1.82) is 0 Å². The molecule has 1 aliphatic heterocycles. The highest BCUT2D eigenvalue weighted by molar-refractivity contribution is 5.89. The van der Waals surface area contributed by atoms with Gasteiger partial charge in [-0.05, 0) is 32.6 Å². The molecule has 0 aromatic carbocycles. The second kappa shape index (κ2) is 7.01. The predicted molar refractivity (Wildman–Crippen MR) is 86.3 cm³/mol. The van der Waals surface area contributed by atoms with Gasteiger partial charge in [-0.2, -0.15) is 0 Å². The first-order valence-corrected chi connectivity index (χ1v) is 9.30. The standard InChI is InChI=1S/C18H30N2O2/c1-2-19(15-8-4-3-5-9-15)18(22)14-12-17(21)20(13-14)16-10-6-7-11-16/h14-16H,2-13H2,1H3. The molecule has 0 aromatic rings. The van der Waals surface area contributed by atoms with Crippen molar-refractivity contribution in [3.63, 3.8) is 0 Å². The van der Waals surface area contributed by atoms with Crippen LogP contribution in [0.15, 0.2) is 0 Å². The molecule has 0 bridgehead atoms. The summed E-state index contributed by atoms with van der Waals surface area (Å²) in [6.07, 6.45) is 11.3. The maximum Gasteiger partial charge on any atom is 0.228 e. The van der Waals surface area contributed by atoms with Crippen LogP contribution in [-0.2, 0) is 9.59 Å². The maximum absolute atomic E-state index is 12.9. The second-order valence-corrected chi connectivity index (χ2v) is 7.30. The van der Waals surface area contributed by atoms with Gasteiger partial charge in [0.1, 0.15) is 0 Å². The van der Waals surface area contributed by atoms with E-state index in [1.807, 2.05) is 4.90 Å². The van der Waals surface area contributed by atoms with Crippen LogP contribution in [-0.4, -0.2) is 46.8 Å². The molecule has 124 valence electrons. The van der Waals surface area contributed by atoms with Crippen LogP contribution in [0.3, 0.4) is 0 Å². The van der Waals surface area contributed by atoms with E-state index in [1.54, 1.807) is 0 Å². The summed E-state index contributed by atoms with van der Waals surface area (Å²) >= 11 is 0. The highest BCUT2D eigenvalue weighted by Crippen LogP contribution is 2.31. The molecule has 3 aliphatic rings. The molecule has 0 N–H and O–H groups in total. The summed E-state index contributed by atoms with van der Waals surface area (Å²) < 4.78 is 0. The zero-order chi connectivity index (χ0) is 15.5. The van der Waals surface area contributed by atoms with Gasteiger partial charge in [-0.3, -0.25) is 9.59 Å². The largest absolute Gasteiger partial charge is 0.340 e. The number of hydrogen-bond donors (Lipinski definition) is 0. The number of hydrogen-bond acceptors (Lipinski definition) is 2. The van der Waals surface area contributed by atoms with Gasteiger partial charge in [0, 0.05) is 31.6 Å². The summed E-state index contributed by atoms with van der Waals surface area (Å²) in [6.45, 7) is 3.54. The Morgan fingerprint density at radius 3 is 2.36 bits per heavy atom. The Hall–Kier alpha value is -1.06. The molecule has 1 unspecified atom stereocenters. The maximum atomic E-state index is 12.9. The Kier molecular flexibility index (Phi) is 5.04. The third kappa shape index (κ3) is 3.16. The molecule has 2 amide bonds. The number of likely N-dealkylation sites (tertiary alicyclic amines) is 1. The average molecular weight is 306 g/mol. The highest BCUT2D eigenvalue weighted by Gasteiger charge is 2.41. The molecule has 3 rings (SSSR count). The molecule has 1 heterocycles. The Balaban J connectivity index is 1.62. The lowest BCUT2D eigenvalue weighted by atomic mass is 9.93. The minimum Gasteiger partial charge on any atom is -0.340 e. The molecule has 0 radical (unpaired) electrons. The van der Waals surface area contributed by atoms with E-state index in [4.69, 9.17) is 0 Å². The van der Waals surface area contributed by atoms with Crippen LogP contribution in [0, 0.1) is 5.92 Å². The summed E-state index contributed by atoms with van der Waals surface area (Å²) in [6, 6.07) is 0.830. The fourth-order valence-electron chi connectivity index (χ4n) is 4.69. The summed E-state index contributed by atoms with van der Waals surface area (Å²) in [4.78, 5) is 29.3. The highest BCUT2D eigenvalue weighted by atomic mass is 16.2. The fourth-order valence-corrected chi connectivity index (χ4v) is 4.69. The van der Waals surface area contributed by atoms with E-state index in [0.29, 0.717) is 25.0 Å². The number of amides is 2. The predicted octanol–water partition coefficient (Wildman–Crippen LogP) is 2.96. The molecule has 3 fully saturated rings. The van der Waals surface area contributed by atoms with Crippen LogP contribution < -0.4 is 0 Å². The zero-order valence-corrected chi connectivity index (χ0v) is 13.9. The van der Waals surface area contributed by atoms with E-state index in [1.165, 1.54) is 32.1 Å². The lowest BCUT2D eigenvalue weighted by Crippen LogP contribution is -2.45. The van der Waals surface area contributed by atoms with Crippen molar-refractivity contribution < 1.29 is 9.59 Å². The lowest BCUT2D eigenvalue weighted by Gasteiger charge is -2.35. The molecule has 2 saturated carbocycles. The Bertz CT molecular complexity index is 411. The van der Waals surface area contributed by atoms with Crippen molar-refractivity contribution >= 4 is 11.8 Å². The molecule has 0 aromatic heterocycles. The van der Waals surface area contributed by atoms with Gasteiger partial charge < -0.3 is 9.80 Å². The number of carbonyl (C=O) groups is 2. The molecular formula is C18H30N2O2. The van der Waals surface area contributed by atoms with E-state index < -0.39 is 0 Å². The summed E-state index contributed by atoms with van der Waals surface area (Å²) in [7, 11) is 0. The molecule has 4 nitrogen and oxygen atoms in total.